The summed E-state index contributed by atoms with van der Waals surface area (Å²) >= 11 is 0. The van der Waals surface area contributed by atoms with Crippen LogP contribution < -0.4 is 15.1 Å². The first kappa shape index (κ1) is 19.0. The van der Waals surface area contributed by atoms with E-state index in [0.29, 0.717) is 36.5 Å². The second-order valence-corrected chi connectivity index (χ2v) is 7.10. The average Bonchev–Trinajstić information content (AvgIpc) is 2.88. The van der Waals surface area contributed by atoms with Gasteiger partial charge in [0.05, 0.1) is 17.8 Å². The summed E-state index contributed by atoms with van der Waals surface area (Å²) in [4.78, 5) is 26.3. The van der Waals surface area contributed by atoms with E-state index >= 15 is 0 Å². The lowest BCUT2D eigenvalue weighted by Gasteiger charge is -2.23. The maximum atomic E-state index is 13.3. The van der Waals surface area contributed by atoms with Crippen molar-refractivity contribution in [2.75, 3.05) is 4.90 Å². The molecule has 2 aliphatic rings. The van der Waals surface area contributed by atoms with Crippen molar-refractivity contribution >= 4 is 17.5 Å². The third-order valence-electron chi connectivity index (χ3n) is 5.14. The third-order valence-corrected chi connectivity index (χ3v) is 5.14. The van der Waals surface area contributed by atoms with Crippen LogP contribution in [0, 0.1) is 0 Å². The summed E-state index contributed by atoms with van der Waals surface area (Å²) < 4.78 is 6.06. The Labute approximate surface area is 169 Å². The predicted molar refractivity (Wildman–Crippen MR) is 108 cm³/mol. The Morgan fingerprint density at radius 3 is 2.66 bits per heavy atom. The monoisotopic (exact) mass is 390 g/mol. The minimum Gasteiger partial charge on any atom is -0.455 e. The first-order valence-corrected chi connectivity index (χ1v) is 9.65. The Morgan fingerprint density at radius 1 is 1.10 bits per heavy atom. The van der Waals surface area contributed by atoms with Crippen LogP contribution in [0.2, 0.25) is 0 Å². The lowest BCUT2D eigenvalue weighted by Crippen LogP contribution is -2.31. The molecule has 1 aliphatic carbocycles. The quantitative estimate of drug-likeness (QED) is 0.603. The summed E-state index contributed by atoms with van der Waals surface area (Å²) in [5.74, 6) is 0.863. The highest BCUT2D eigenvalue weighted by molar-refractivity contribution is 6.07. The number of hydrogen-bond donors (Lipinski definition) is 2. The van der Waals surface area contributed by atoms with Crippen molar-refractivity contribution in [3.63, 3.8) is 0 Å². The summed E-state index contributed by atoms with van der Waals surface area (Å²) in [6, 6.07) is 15.4. The van der Waals surface area contributed by atoms with E-state index in [-0.39, 0.29) is 12.3 Å². The van der Waals surface area contributed by atoms with Crippen molar-refractivity contribution in [3.05, 3.63) is 83.1 Å². The Morgan fingerprint density at radius 2 is 1.86 bits per heavy atom. The van der Waals surface area contributed by atoms with Gasteiger partial charge in [-0.2, -0.15) is 0 Å². The maximum Gasteiger partial charge on any atom is 0.258 e. The number of hydrogen-bond acceptors (Lipinski definition) is 4. The number of ether oxygens (including phenoxy) is 1. The molecule has 0 saturated heterocycles. The number of hydroxylamine groups is 1. The van der Waals surface area contributed by atoms with E-state index in [2.05, 4.69) is 0 Å². The average molecular weight is 390 g/mol. The van der Waals surface area contributed by atoms with Gasteiger partial charge in [-0.1, -0.05) is 42.5 Å². The molecule has 1 heterocycles. The lowest BCUT2D eigenvalue weighted by molar-refractivity contribution is -0.129. The van der Waals surface area contributed by atoms with Gasteiger partial charge in [0.15, 0.2) is 5.75 Å². The zero-order chi connectivity index (χ0) is 20.2. The van der Waals surface area contributed by atoms with Gasteiger partial charge in [0.1, 0.15) is 5.76 Å². The highest BCUT2D eigenvalue weighted by Gasteiger charge is 2.30. The zero-order valence-electron chi connectivity index (χ0n) is 15.9. The molecule has 0 saturated carbocycles. The van der Waals surface area contributed by atoms with Crippen molar-refractivity contribution in [3.8, 4) is 5.75 Å². The SMILES string of the molecule is O=C(CCc1ccc(CN2C(=O)C3=C(C=CCC3)Oc3ccccc32)cc1)NO. The maximum absolute atomic E-state index is 13.3. The number of amides is 2. The summed E-state index contributed by atoms with van der Waals surface area (Å²) in [6.45, 7) is 0.428. The van der Waals surface area contributed by atoms with E-state index in [1.807, 2.05) is 60.7 Å². The van der Waals surface area contributed by atoms with Crippen LogP contribution in [0.3, 0.4) is 0 Å². The van der Waals surface area contributed by atoms with Crippen molar-refractivity contribution in [1.29, 1.82) is 0 Å². The van der Waals surface area contributed by atoms with Crippen molar-refractivity contribution in [1.82, 2.24) is 5.48 Å². The van der Waals surface area contributed by atoms with Gasteiger partial charge in [0, 0.05) is 6.42 Å². The van der Waals surface area contributed by atoms with Gasteiger partial charge in [-0.3, -0.25) is 14.8 Å². The van der Waals surface area contributed by atoms with Gasteiger partial charge in [0.2, 0.25) is 5.91 Å². The summed E-state index contributed by atoms with van der Waals surface area (Å²) in [5, 5.41) is 8.59. The largest absolute Gasteiger partial charge is 0.455 e. The number of rotatable bonds is 5. The minimum absolute atomic E-state index is 0.0296. The fourth-order valence-electron chi connectivity index (χ4n) is 3.57. The molecule has 0 bridgehead atoms. The van der Waals surface area contributed by atoms with Crippen LogP contribution >= 0.6 is 0 Å². The molecule has 0 fully saturated rings. The highest BCUT2D eigenvalue weighted by Crippen LogP contribution is 2.37. The van der Waals surface area contributed by atoms with E-state index in [9.17, 15) is 9.59 Å². The van der Waals surface area contributed by atoms with Gasteiger partial charge in [-0.05, 0) is 48.6 Å². The first-order chi connectivity index (χ1) is 14.2. The number of anilines is 1. The fraction of sp³-hybridized carbons (Fsp3) is 0.217. The van der Waals surface area contributed by atoms with Crippen LogP contribution in [0.5, 0.6) is 5.75 Å². The van der Waals surface area contributed by atoms with E-state index in [0.717, 1.165) is 23.2 Å². The van der Waals surface area contributed by atoms with Gasteiger partial charge in [-0.25, -0.2) is 5.48 Å². The van der Waals surface area contributed by atoms with E-state index < -0.39 is 5.91 Å². The smallest absolute Gasteiger partial charge is 0.258 e. The molecule has 0 unspecified atom stereocenters. The molecule has 0 aromatic heterocycles. The molecule has 29 heavy (non-hydrogen) atoms. The molecule has 1 aliphatic heterocycles. The molecule has 0 atom stereocenters. The van der Waals surface area contributed by atoms with Crippen LogP contribution in [0.4, 0.5) is 5.69 Å². The number of nitrogens with zero attached hydrogens (tertiary/aromatic N) is 1. The Kier molecular flexibility index (Phi) is 5.44. The lowest BCUT2D eigenvalue weighted by atomic mass is 10.0. The molecular weight excluding hydrogens is 368 g/mol. The zero-order valence-corrected chi connectivity index (χ0v) is 15.9. The van der Waals surface area contributed by atoms with E-state index in [4.69, 9.17) is 9.94 Å². The Hall–Kier alpha value is -3.38. The van der Waals surface area contributed by atoms with Gasteiger partial charge < -0.3 is 9.64 Å². The van der Waals surface area contributed by atoms with Gasteiger partial charge in [-0.15, -0.1) is 0 Å². The first-order valence-electron chi connectivity index (χ1n) is 9.65. The van der Waals surface area contributed by atoms with Crippen molar-refractivity contribution in [2.24, 2.45) is 0 Å². The van der Waals surface area contributed by atoms with Crippen LogP contribution in [-0.2, 0) is 22.6 Å². The standard InChI is InChI=1S/C23H22N2O4/c26-22(24-28)14-13-16-9-11-17(12-10-16)15-25-19-6-2-4-8-21(19)29-20-7-3-1-5-18(20)23(25)27/h2-4,6-12,28H,1,5,13-15H2,(H,24,26). The molecule has 148 valence electrons. The molecule has 2 aromatic carbocycles. The summed E-state index contributed by atoms with van der Waals surface area (Å²) in [7, 11) is 0. The van der Waals surface area contributed by atoms with Gasteiger partial charge >= 0.3 is 0 Å². The normalized spacial score (nSPS) is 15.3. The Balaban J connectivity index is 1.58. The molecular formula is C23H22N2O4. The number of fused-ring (bicyclic) bond motifs is 1. The molecule has 4 rings (SSSR count). The third kappa shape index (κ3) is 4.07. The number of allylic oxidation sites excluding steroid dienone is 2. The van der Waals surface area contributed by atoms with Crippen LogP contribution in [0.1, 0.15) is 30.4 Å². The van der Waals surface area contributed by atoms with E-state index in [1.165, 1.54) is 0 Å². The minimum atomic E-state index is -0.411. The number of carbonyl (C=O) groups excluding carboxylic acids is 2. The highest BCUT2D eigenvalue weighted by atomic mass is 16.5. The van der Waals surface area contributed by atoms with E-state index in [1.54, 1.807) is 10.4 Å². The topological polar surface area (TPSA) is 78.9 Å². The van der Waals surface area contributed by atoms with Crippen molar-refractivity contribution < 1.29 is 19.5 Å². The molecule has 2 N–H and O–H groups in total. The predicted octanol–water partition coefficient (Wildman–Crippen LogP) is 3.65. The number of para-hydroxylation sites is 2. The molecule has 0 spiro atoms. The molecule has 2 aromatic rings. The van der Waals surface area contributed by atoms with Crippen molar-refractivity contribution in [2.45, 2.75) is 32.2 Å². The number of aryl methyl sites for hydroxylation is 1. The second kappa shape index (κ2) is 8.32. The Bertz CT molecular complexity index is 992. The number of carbonyl (C=O) groups is 2. The van der Waals surface area contributed by atoms with Crippen LogP contribution in [0.15, 0.2) is 72.0 Å². The molecule has 6 heteroatoms. The summed E-state index contributed by atoms with van der Waals surface area (Å²) in [6.07, 6.45) is 6.16. The molecule has 0 radical (unpaired) electrons. The van der Waals surface area contributed by atoms with Crippen LogP contribution in [-0.4, -0.2) is 17.0 Å². The fourth-order valence-corrected chi connectivity index (χ4v) is 3.57. The number of nitrogens with one attached hydrogen (secondary N) is 1. The number of benzene rings is 2. The van der Waals surface area contributed by atoms with Crippen LogP contribution in [0.25, 0.3) is 0 Å². The summed E-state index contributed by atoms with van der Waals surface area (Å²) in [5.41, 5.74) is 5.07. The molecule has 2 amide bonds. The van der Waals surface area contributed by atoms with Gasteiger partial charge in [0.25, 0.3) is 5.91 Å². The molecule has 6 nitrogen and oxygen atoms in total. The second-order valence-electron chi connectivity index (χ2n) is 7.10.